The van der Waals surface area contributed by atoms with Gasteiger partial charge in [0.15, 0.2) is 0 Å². The second-order valence-electron chi connectivity index (χ2n) is 8.54. The number of fused-ring (bicyclic) bond motifs is 5. The van der Waals surface area contributed by atoms with Crippen molar-refractivity contribution in [1.29, 1.82) is 0 Å². The summed E-state index contributed by atoms with van der Waals surface area (Å²) in [5, 5.41) is 0. The molecule has 5 rings (SSSR count). The van der Waals surface area contributed by atoms with Crippen molar-refractivity contribution in [2.75, 3.05) is 6.61 Å². The number of carbonyl (C=O) groups is 1. The van der Waals surface area contributed by atoms with Crippen LogP contribution in [-0.2, 0) is 16.0 Å². The van der Waals surface area contributed by atoms with Gasteiger partial charge in [0.05, 0.1) is 6.61 Å². The Morgan fingerprint density at radius 2 is 2.16 bits per heavy atom. The molecule has 2 fully saturated rings. The second-order valence-corrected chi connectivity index (χ2v) is 8.54. The summed E-state index contributed by atoms with van der Waals surface area (Å²) in [4.78, 5) is 11.2. The number of rotatable bonds is 2. The summed E-state index contributed by atoms with van der Waals surface area (Å²) in [6.45, 7) is 4.89. The van der Waals surface area contributed by atoms with Gasteiger partial charge < -0.3 is 9.47 Å². The summed E-state index contributed by atoms with van der Waals surface area (Å²) in [6.07, 6.45) is 9.06. The number of esters is 1. The first-order valence-corrected chi connectivity index (χ1v) is 9.69. The first-order valence-electron chi connectivity index (χ1n) is 9.69. The first kappa shape index (κ1) is 15.6. The quantitative estimate of drug-likeness (QED) is 0.347. The fourth-order valence-corrected chi connectivity index (χ4v) is 6.12. The van der Waals surface area contributed by atoms with Gasteiger partial charge in [0, 0.05) is 6.92 Å². The molecule has 4 aliphatic rings. The lowest BCUT2D eigenvalue weighted by Crippen LogP contribution is -2.41. The monoisotopic (exact) mass is 338 g/mol. The largest absolute Gasteiger partial charge is 0.427 e. The average molecular weight is 338 g/mol. The van der Waals surface area contributed by atoms with E-state index in [1.54, 1.807) is 5.57 Å². The van der Waals surface area contributed by atoms with Gasteiger partial charge in [-0.1, -0.05) is 19.1 Å². The van der Waals surface area contributed by atoms with Crippen LogP contribution in [0.5, 0.6) is 5.75 Å². The molecule has 0 amide bonds. The predicted molar refractivity (Wildman–Crippen MR) is 95.6 cm³/mol. The minimum absolute atomic E-state index is 0.242. The van der Waals surface area contributed by atoms with Crippen molar-refractivity contribution in [2.24, 2.45) is 17.3 Å². The molecule has 0 bridgehead atoms. The van der Waals surface area contributed by atoms with E-state index < -0.39 is 0 Å². The Morgan fingerprint density at radius 3 is 2.92 bits per heavy atom. The van der Waals surface area contributed by atoms with Gasteiger partial charge in [-0.05, 0) is 84.1 Å². The molecule has 0 spiro atoms. The first-order chi connectivity index (χ1) is 12.1. The van der Waals surface area contributed by atoms with Crippen LogP contribution in [0, 0.1) is 17.3 Å². The summed E-state index contributed by atoms with van der Waals surface area (Å²) in [6, 6.07) is 6.30. The summed E-state index contributed by atoms with van der Waals surface area (Å²) < 4.78 is 10.9. The third-order valence-corrected chi connectivity index (χ3v) is 7.28. The van der Waals surface area contributed by atoms with E-state index in [9.17, 15) is 4.79 Å². The van der Waals surface area contributed by atoms with Crippen molar-refractivity contribution in [2.45, 2.75) is 58.0 Å². The molecule has 0 aromatic heterocycles. The van der Waals surface area contributed by atoms with Crippen molar-refractivity contribution < 1.29 is 14.3 Å². The highest BCUT2D eigenvalue weighted by atomic mass is 16.6. The number of benzene rings is 1. The van der Waals surface area contributed by atoms with Crippen molar-refractivity contribution in [3.63, 3.8) is 0 Å². The third-order valence-electron chi connectivity index (χ3n) is 7.28. The van der Waals surface area contributed by atoms with Crippen molar-refractivity contribution in [3.8, 4) is 5.75 Å². The number of carbonyl (C=O) groups excluding carboxylic acids is 1. The molecule has 1 heterocycles. The maximum absolute atomic E-state index is 11.2. The highest BCUT2D eigenvalue weighted by molar-refractivity contribution is 5.69. The topological polar surface area (TPSA) is 38.8 Å². The molecule has 5 atom stereocenters. The molecule has 25 heavy (non-hydrogen) atoms. The van der Waals surface area contributed by atoms with Gasteiger partial charge in [-0.3, -0.25) is 4.79 Å². The summed E-state index contributed by atoms with van der Waals surface area (Å²) >= 11 is 0. The number of ether oxygens (including phenoxy) is 2. The van der Waals surface area contributed by atoms with Crippen LogP contribution in [0.4, 0.5) is 0 Å². The van der Waals surface area contributed by atoms with E-state index in [0.29, 0.717) is 23.2 Å². The van der Waals surface area contributed by atoms with Gasteiger partial charge in [-0.25, -0.2) is 0 Å². The van der Waals surface area contributed by atoms with Crippen molar-refractivity contribution in [3.05, 3.63) is 41.0 Å². The highest BCUT2D eigenvalue weighted by Gasteiger charge is 2.54. The molecule has 132 valence electrons. The zero-order valence-corrected chi connectivity index (χ0v) is 15.1. The lowest BCUT2D eigenvalue weighted by molar-refractivity contribution is -0.131. The lowest BCUT2D eigenvalue weighted by Gasteiger charge is -2.50. The van der Waals surface area contributed by atoms with E-state index in [4.69, 9.17) is 9.47 Å². The Balaban J connectivity index is 1.43. The average Bonchev–Trinajstić information content (AvgIpc) is 3.35. The molecule has 1 aliphatic heterocycles. The number of hydrogen-bond donors (Lipinski definition) is 0. The van der Waals surface area contributed by atoms with E-state index in [1.165, 1.54) is 43.7 Å². The van der Waals surface area contributed by atoms with E-state index in [0.717, 1.165) is 24.9 Å². The van der Waals surface area contributed by atoms with Crippen LogP contribution >= 0.6 is 0 Å². The molecular formula is C22H26O3. The van der Waals surface area contributed by atoms with Crippen LogP contribution in [0.25, 0.3) is 0 Å². The molecule has 3 nitrogen and oxygen atoms in total. The van der Waals surface area contributed by atoms with Crippen LogP contribution in [0.2, 0.25) is 0 Å². The molecule has 1 saturated carbocycles. The lowest BCUT2D eigenvalue weighted by atomic mass is 9.54. The van der Waals surface area contributed by atoms with Crippen LogP contribution < -0.4 is 4.74 Å². The van der Waals surface area contributed by atoms with Crippen LogP contribution in [0.3, 0.4) is 0 Å². The summed E-state index contributed by atoms with van der Waals surface area (Å²) in [7, 11) is 0. The minimum Gasteiger partial charge on any atom is -0.427 e. The maximum Gasteiger partial charge on any atom is 0.308 e. The molecular weight excluding hydrogens is 312 g/mol. The zero-order valence-electron chi connectivity index (χ0n) is 15.1. The number of allylic oxidation sites excluding steroid dienone is 1. The fraction of sp³-hybridized carbons (Fsp3) is 0.591. The molecule has 3 aliphatic carbocycles. The Hall–Kier alpha value is -1.61. The standard InChI is InChI=1S/C22H26O3/c1-13(23)25-15-4-6-16-14(11-15)3-5-18-17(16)9-10-22(2)19(18)7-8-20(22)21-12-24-21/h4,6,8,11,17-19,21H,3,5,7,9-10,12H2,1-2H3/t17?,18?,19?,21?,22-/m0/s1. The van der Waals surface area contributed by atoms with Gasteiger partial charge >= 0.3 is 5.97 Å². The second kappa shape index (κ2) is 5.44. The Kier molecular flexibility index (Phi) is 3.40. The van der Waals surface area contributed by atoms with E-state index >= 15 is 0 Å². The van der Waals surface area contributed by atoms with Crippen LogP contribution in [0.1, 0.15) is 56.6 Å². The predicted octanol–water partition coefficient (Wildman–Crippen LogP) is 4.40. The maximum atomic E-state index is 11.2. The number of hydrogen-bond acceptors (Lipinski definition) is 3. The van der Waals surface area contributed by atoms with Gasteiger partial charge in [-0.2, -0.15) is 0 Å². The van der Waals surface area contributed by atoms with Crippen LogP contribution in [-0.4, -0.2) is 18.7 Å². The molecule has 4 unspecified atom stereocenters. The van der Waals surface area contributed by atoms with Gasteiger partial charge in [0.25, 0.3) is 0 Å². The fourth-order valence-electron chi connectivity index (χ4n) is 6.12. The molecule has 3 heteroatoms. The number of epoxide rings is 1. The Bertz CT molecular complexity index is 761. The van der Waals surface area contributed by atoms with Crippen molar-refractivity contribution >= 4 is 5.97 Å². The summed E-state index contributed by atoms with van der Waals surface area (Å²) in [5.74, 6) is 2.67. The minimum atomic E-state index is -0.242. The molecule has 1 aromatic rings. The SMILES string of the molecule is CC(=O)Oc1ccc2c(c1)CCC1C2CC[C@]2(C)C(C3CO3)=CCC12. The number of aryl methyl sites for hydroxylation is 1. The van der Waals surface area contributed by atoms with E-state index in [1.807, 2.05) is 6.07 Å². The van der Waals surface area contributed by atoms with Crippen molar-refractivity contribution in [1.82, 2.24) is 0 Å². The van der Waals surface area contributed by atoms with Gasteiger partial charge in [0.1, 0.15) is 11.9 Å². The van der Waals surface area contributed by atoms with Crippen LogP contribution in [0.15, 0.2) is 29.8 Å². The molecule has 1 aromatic carbocycles. The molecule has 1 saturated heterocycles. The van der Waals surface area contributed by atoms with Gasteiger partial charge in [-0.15, -0.1) is 0 Å². The normalized spacial score (nSPS) is 38.2. The smallest absolute Gasteiger partial charge is 0.308 e. The van der Waals surface area contributed by atoms with E-state index in [-0.39, 0.29) is 5.97 Å². The molecule has 0 N–H and O–H groups in total. The Labute approximate surface area is 149 Å². The Morgan fingerprint density at radius 1 is 1.32 bits per heavy atom. The van der Waals surface area contributed by atoms with Gasteiger partial charge in [0.2, 0.25) is 0 Å². The van der Waals surface area contributed by atoms with E-state index in [2.05, 4.69) is 25.1 Å². The summed E-state index contributed by atoms with van der Waals surface area (Å²) in [5.41, 5.74) is 4.86. The zero-order chi connectivity index (χ0) is 17.2. The third kappa shape index (κ3) is 2.39. The molecule has 0 radical (unpaired) electrons. The highest BCUT2D eigenvalue weighted by Crippen LogP contribution is 2.62.